The van der Waals surface area contributed by atoms with Crippen molar-refractivity contribution in [1.82, 2.24) is 14.8 Å². The molecule has 1 N–H and O–H groups in total. The molecule has 0 radical (unpaired) electrons. The van der Waals surface area contributed by atoms with Crippen molar-refractivity contribution in [3.05, 3.63) is 95.0 Å². The molecule has 1 atom stereocenters. The van der Waals surface area contributed by atoms with Gasteiger partial charge in [-0.25, -0.2) is 9.67 Å². The molecule has 2 saturated heterocycles. The van der Waals surface area contributed by atoms with E-state index in [-0.39, 0.29) is 37.8 Å². The predicted octanol–water partition coefficient (Wildman–Crippen LogP) is 4.53. The number of nitrogens with zero attached hydrogens (tertiary/aromatic N) is 6. The Labute approximate surface area is 259 Å². The first-order valence-corrected chi connectivity index (χ1v) is 14.7. The monoisotopic (exact) mass is 620 g/mol. The van der Waals surface area contributed by atoms with Gasteiger partial charge < -0.3 is 19.6 Å². The van der Waals surface area contributed by atoms with Gasteiger partial charge in [0.15, 0.2) is 0 Å². The number of benzene rings is 3. The van der Waals surface area contributed by atoms with Gasteiger partial charge in [-0.15, -0.1) is 0 Å². The molecule has 0 saturated carbocycles. The maximum atomic E-state index is 12.0. The third-order valence-corrected chi connectivity index (χ3v) is 8.35. The predicted molar refractivity (Wildman–Crippen MR) is 165 cm³/mol. The van der Waals surface area contributed by atoms with E-state index < -0.39 is 5.60 Å². The quantitative estimate of drug-likeness (QED) is 0.272. The first kappa shape index (κ1) is 29.0. The van der Waals surface area contributed by atoms with E-state index in [0.29, 0.717) is 27.0 Å². The number of rotatable bonds is 9. The second kappa shape index (κ2) is 12.2. The maximum Gasteiger partial charge on any atom is 0.234 e. The van der Waals surface area contributed by atoms with Crippen LogP contribution in [0.5, 0.6) is 5.75 Å². The van der Waals surface area contributed by atoms with Crippen LogP contribution < -0.4 is 19.4 Å². The Morgan fingerprint density at radius 1 is 0.814 bits per heavy atom. The Morgan fingerprint density at radius 2 is 1.40 bits per heavy atom. The van der Waals surface area contributed by atoms with E-state index >= 15 is 0 Å². The minimum Gasteiger partial charge on any atom is -0.490 e. The Morgan fingerprint density at radius 3 is 1.95 bits per heavy atom. The molecule has 6 rings (SSSR count). The molecule has 4 aromatic rings. The van der Waals surface area contributed by atoms with Crippen molar-refractivity contribution >= 4 is 52.1 Å². The third-order valence-electron chi connectivity index (χ3n) is 7.81. The van der Waals surface area contributed by atoms with E-state index in [2.05, 4.69) is 19.9 Å². The summed E-state index contributed by atoms with van der Waals surface area (Å²) in [4.78, 5) is 33.9. The van der Waals surface area contributed by atoms with Crippen LogP contribution in [0.2, 0.25) is 10.0 Å². The van der Waals surface area contributed by atoms with E-state index in [4.69, 9.17) is 27.9 Å². The van der Waals surface area contributed by atoms with Crippen LogP contribution in [0.25, 0.3) is 0 Å². The molecule has 3 aromatic carbocycles. The van der Waals surface area contributed by atoms with Gasteiger partial charge in [0.05, 0.1) is 12.2 Å². The molecule has 2 aliphatic heterocycles. The molecular weight excluding hydrogens is 591 g/mol. The lowest BCUT2D eigenvalue weighted by atomic mass is 9.94. The summed E-state index contributed by atoms with van der Waals surface area (Å²) in [7, 11) is 0. The minimum atomic E-state index is -1.48. The standard InChI is InChI=1S/C31H30Cl2N6O4/c32-22-1-10-27(28(33)17-22)31(42,18-38-21-34-20-35-38)19-43-26-8-6-24(7-9-26)37-15-13-36(14-16-37)23-2-4-25(5-3-23)39-29(40)11-12-30(39)41/h1-10,17,20-21,42H,11-16,18-19H2. The average molecular weight is 622 g/mol. The smallest absolute Gasteiger partial charge is 0.234 e. The molecule has 222 valence electrons. The first-order chi connectivity index (χ1) is 20.8. The molecular formula is C31H30Cl2N6O4. The zero-order valence-electron chi connectivity index (χ0n) is 23.3. The minimum absolute atomic E-state index is 0.0644. The van der Waals surface area contributed by atoms with Gasteiger partial charge in [0.1, 0.15) is 30.6 Å². The van der Waals surface area contributed by atoms with E-state index in [0.717, 1.165) is 37.6 Å². The van der Waals surface area contributed by atoms with Gasteiger partial charge in [-0.2, -0.15) is 5.10 Å². The summed E-state index contributed by atoms with van der Waals surface area (Å²) in [6.45, 7) is 3.35. The fourth-order valence-corrected chi connectivity index (χ4v) is 6.10. The van der Waals surface area contributed by atoms with Crippen LogP contribution in [-0.2, 0) is 21.7 Å². The summed E-state index contributed by atoms with van der Waals surface area (Å²) in [6, 6.07) is 20.4. The molecule has 1 aromatic heterocycles. The topological polar surface area (TPSA) is 104 Å². The molecule has 0 aliphatic carbocycles. The number of ether oxygens (including phenoxy) is 1. The second-order valence-corrected chi connectivity index (χ2v) is 11.5. The number of carbonyl (C=O) groups excluding carboxylic acids is 2. The molecule has 0 spiro atoms. The van der Waals surface area contributed by atoms with Gasteiger partial charge in [0, 0.05) is 66.0 Å². The summed E-state index contributed by atoms with van der Waals surface area (Å²) in [5.74, 6) is 0.326. The summed E-state index contributed by atoms with van der Waals surface area (Å²) >= 11 is 12.5. The van der Waals surface area contributed by atoms with Gasteiger partial charge in [-0.3, -0.25) is 14.5 Å². The molecule has 1 unspecified atom stereocenters. The number of hydrogen-bond donors (Lipinski definition) is 1. The van der Waals surface area contributed by atoms with E-state index in [9.17, 15) is 14.7 Å². The highest BCUT2D eigenvalue weighted by Gasteiger charge is 2.34. The number of imide groups is 1. The highest BCUT2D eigenvalue weighted by Crippen LogP contribution is 2.33. The molecule has 3 heterocycles. The molecule has 10 nitrogen and oxygen atoms in total. The number of hydrogen-bond acceptors (Lipinski definition) is 8. The van der Waals surface area contributed by atoms with Crippen molar-refractivity contribution in [3.8, 4) is 5.75 Å². The second-order valence-electron chi connectivity index (χ2n) is 10.6. The SMILES string of the molecule is O=C1CCC(=O)N1c1ccc(N2CCN(c3ccc(OCC(O)(Cn4cncn4)c4ccc(Cl)cc4Cl)cc3)CC2)cc1. The molecule has 0 bridgehead atoms. The van der Waals surface area contributed by atoms with Gasteiger partial charge in [-0.1, -0.05) is 29.3 Å². The third kappa shape index (κ3) is 6.31. The van der Waals surface area contributed by atoms with Crippen LogP contribution in [0, 0.1) is 0 Å². The van der Waals surface area contributed by atoms with Gasteiger partial charge >= 0.3 is 0 Å². The van der Waals surface area contributed by atoms with Crippen molar-refractivity contribution in [3.63, 3.8) is 0 Å². The maximum absolute atomic E-state index is 12.0. The zero-order chi connectivity index (χ0) is 30.0. The zero-order valence-corrected chi connectivity index (χ0v) is 24.8. The molecule has 43 heavy (non-hydrogen) atoms. The van der Waals surface area contributed by atoms with Crippen LogP contribution in [0.4, 0.5) is 17.1 Å². The van der Waals surface area contributed by atoms with E-state index in [1.165, 1.54) is 22.2 Å². The van der Waals surface area contributed by atoms with Crippen molar-refractivity contribution in [2.24, 2.45) is 0 Å². The summed E-state index contributed by atoms with van der Waals surface area (Å²) in [5.41, 5.74) is 1.77. The Bertz CT molecular complexity index is 1580. The molecule has 2 aliphatic rings. The summed E-state index contributed by atoms with van der Waals surface area (Å²) < 4.78 is 7.59. The fraction of sp³-hybridized carbons (Fsp3) is 0.290. The van der Waals surface area contributed by atoms with Crippen molar-refractivity contribution in [1.29, 1.82) is 0 Å². The van der Waals surface area contributed by atoms with Crippen LogP contribution in [-0.4, -0.2) is 64.5 Å². The van der Waals surface area contributed by atoms with Crippen LogP contribution in [0.1, 0.15) is 18.4 Å². The number of anilines is 3. The lowest BCUT2D eigenvalue weighted by molar-refractivity contribution is -0.121. The fourth-order valence-electron chi connectivity index (χ4n) is 5.51. The van der Waals surface area contributed by atoms with E-state index in [1.807, 2.05) is 48.5 Å². The van der Waals surface area contributed by atoms with Crippen molar-refractivity contribution in [2.75, 3.05) is 47.5 Å². The number of aliphatic hydroxyl groups is 1. The highest BCUT2D eigenvalue weighted by molar-refractivity contribution is 6.35. The normalized spacial score (nSPS) is 17.0. The Balaban J connectivity index is 1.06. The number of piperazine rings is 1. The molecule has 2 fully saturated rings. The van der Waals surface area contributed by atoms with Crippen LogP contribution in [0.15, 0.2) is 79.4 Å². The highest BCUT2D eigenvalue weighted by atomic mass is 35.5. The van der Waals surface area contributed by atoms with Gasteiger partial charge in [0.25, 0.3) is 0 Å². The van der Waals surface area contributed by atoms with E-state index in [1.54, 1.807) is 18.2 Å². The molecule has 12 heteroatoms. The number of halogens is 2. The number of carbonyl (C=O) groups is 2. The summed E-state index contributed by atoms with van der Waals surface area (Å²) in [6.07, 6.45) is 3.48. The number of aromatic nitrogens is 3. The lowest BCUT2D eigenvalue weighted by Gasteiger charge is -2.37. The Kier molecular flexibility index (Phi) is 8.25. The van der Waals surface area contributed by atoms with Crippen LogP contribution >= 0.6 is 23.2 Å². The number of amides is 2. The van der Waals surface area contributed by atoms with Gasteiger partial charge in [0.2, 0.25) is 11.8 Å². The average Bonchev–Trinajstić information content (AvgIpc) is 3.65. The Hall–Kier alpha value is -4.12. The largest absolute Gasteiger partial charge is 0.490 e. The lowest BCUT2D eigenvalue weighted by Crippen LogP contribution is -2.46. The first-order valence-electron chi connectivity index (χ1n) is 14.0. The molecule has 2 amide bonds. The van der Waals surface area contributed by atoms with Crippen molar-refractivity contribution in [2.45, 2.75) is 25.0 Å². The van der Waals surface area contributed by atoms with Crippen LogP contribution in [0.3, 0.4) is 0 Å². The van der Waals surface area contributed by atoms with Crippen molar-refractivity contribution < 1.29 is 19.4 Å². The van der Waals surface area contributed by atoms with Gasteiger partial charge in [-0.05, 0) is 60.7 Å². The summed E-state index contributed by atoms with van der Waals surface area (Å²) in [5, 5.41) is 16.6.